The lowest BCUT2D eigenvalue weighted by Crippen LogP contribution is -2.00. The molecule has 0 amide bonds. The third-order valence-corrected chi connectivity index (χ3v) is 4.08. The minimum atomic E-state index is -0.369. The van der Waals surface area contributed by atoms with Crippen LogP contribution in [0, 0.1) is 5.82 Å². The highest BCUT2D eigenvalue weighted by Crippen LogP contribution is 2.26. The number of halogens is 2. The van der Waals surface area contributed by atoms with Crippen molar-refractivity contribution in [3.8, 4) is 5.75 Å². The fourth-order valence-corrected chi connectivity index (χ4v) is 2.74. The maximum Gasteiger partial charge on any atom is 0.165 e. The van der Waals surface area contributed by atoms with Crippen molar-refractivity contribution in [2.24, 2.45) is 0 Å². The number of benzene rings is 2. The summed E-state index contributed by atoms with van der Waals surface area (Å²) in [4.78, 5) is 4.28. The van der Waals surface area contributed by atoms with Gasteiger partial charge in [-0.25, -0.2) is 9.37 Å². The Kier molecular flexibility index (Phi) is 11.5. The van der Waals surface area contributed by atoms with E-state index in [0.717, 1.165) is 28.1 Å². The second kappa shape index (κ2) is 13.9. The van der Waals surface area contributed by atoms with E-state index in [1.807, 2.05) is 69.4 Å². The number of hydrogen-bond donors (Lipinski definition) is 1. The van der Waals surface area contributed by atoms with Crippen molar-refractivity contribution in [2.45, 2.75) is 26.9 Å². The van der Waals surface area contributed by atoms with Crippen molar-refractivity contribution in [1.82, 2.24) is 4.98 Å². The van der Waals surface area contributed by atoms with Crippen molar-refractivity contribution in [3.63, 3.8) is 0 Å². The summed E-state index contributed by atoms with van der Waals surface area (Å²) >= 11 is 0. The van der Waals surface area contributed by atoms with Gasteiger partial charge in [-0.1, -0.05) is 56.8 Å². The molecule has 0 saturated heterocycles. The van der Waals surface area contributed by atoms with Gasteiger partial charge in [0.2, 0.25) is 0 Å². The quantitative estimate of drug-likeness (QED) is 0.468. The average Bonchev–Trinajstić information content (AvgIpc) is 2.81. The van der Waals surface area contributed by atoms with E-state index in [4.69, 9.17) is 4.74 Å². The van der Waals surface area contributed by atoms with Gasteiger partial charge in [-0.15, -0.1) is 0 Å². The number of hydrogen-bond acceptors (Lipinski definition) is 3. The monoisotopic (exact) mass is 412 g/mol. The molecule has 1 N–H and O–H groups in total. The number of rotatable bonds is 7. The Hall–Kier alpha value is -3.21. The first-order valence-electron chi connectivity index (χ1n) is 9.81. The topological polar surface area (TPSA) is 34.1 Å². The summed E-state index contributed by atoms with van der Waals surface area (Å²) in [6, 6.07) is 18.6. The van der Waals surface area contributed by atoms with Gasteiger partial charge in [-0.05, 0) is 47.4 Å². The molecular formula is C25H30F2N2O. The van der Waals surface area contributed by atoms with Crippen LogP contribution in [0.2, 0.25) is 0 Å². The molecule has 160 valence electrons. The van der Waals surface area contributed by atoms with Gasteiger partial charge in [0.1, 0.15) is 12.4 Å². The van der Waals surface area contributed by atoms with Crippen LogP contribution in [0.25, 0.3) is 5.57 Å². The minimum absolute atomic E-state index is 0.250. The number of nitrogens with one attached hydrogen (secondary N) is 1. The molecular weight excluding hydrogens is 382 g/mol. The Morgan fingerprint density at radius 3 is 2.33 bits per heavy atom. The molecule has 2 aromatic carbocycles. The molecule has 0 aliphatic carbocycles. The maximum absolute atomic E-state index is 14.4. The van der Waals surface area contributed by atoms with Crippen LogP contribution in [0.15, 0.2) is 73.4 Å². The molecule has 5 heteroatoms. The summed E-state index contributed by atoms with van der Waals surface area (Å²) in [6.07, 6.45) is 2.26. The van der Waals surface area contributed by atoms with Crippen molar-refractivity contribution in [3.05, 3.63) is 95.9 Å². The van der Waals surface area contributed by atoms with Crippen LogP contribution in [0.5, 0.6) is 5.75 Å². The lowest BCUT2D eigenvalue weighted by Gasteiger charge is -2.12. The highest BCUT2D eigenvalue weighted by Gasteiger charge is 2.10. The molecule has 0 bridgehead atoms. The van der Waals surface area contributed by atoms with Gasteiger partial charge in [-0.3, -0.25) is 4.39 Å². The highest BCUT2D eigenvalue weighted by atomic mass is 19.1. The van der Waals surface area contributed by atoms with Crippen LogP contribution in [0.3, 0.4) is 0 Å². The smallest absolute Gasteiger partial charge is 0.165 e. The van der Waals surface area contributed by atoms with Gasteiger partial charge in [0.25, 0.3) is 0 Å². The Bertz CT molecular complexity index is 899. The average molecular weight is 413 g/mol. The van der Waals surface area contributed by atoms with Gasteiger partial charge in [-0.2, -0.15) is 0 Å². The molecule has 3 nitrogen and oxygen atoms in total. The van der Waals surface area contributed by atoms with Gasteiger partial charge in [0, 0.05) is 18.8 Å². The Balaban J connectivity index is 0.00000106. The lowest BCUT2D eigenvalue weighted by molar-refractivity contribution is 0.290. The van der Waals surface area contributed by atoms with Gasteiger partial charge >= 0.3 is 0 Å². The fourth-order valence-electron chi connectivity index (χ4n) is 2.74. The van der Waals surface area contributed by atoms with Crippen LogP contribution in [-0.2, 0) is 13.0 Å². The molecule has 0 aliphatic heterocycles. The second-order valence-corrected chi connectivity index (χ2v) is 5.97. The van der Waals surface area contributed by atoms with Gasteiger partial charge < -0.3 is 10.1 Å². The summed E-state index contributed by atoms with van der Waals surface area (Å²) < 4.78 is 29.5. The third kappa shape index (κ3) is 7.32. The largest absolute Gasteiger partial charge is 0.486 e. The molecule has 0 saturated carbocycles. The van der Waals surface area contributed by atoms with Crippen LogP contribution in [-0.4, -0.2) is 19.2 Å². The molecule has 0 fully saturated rings. The normalized spacial score (nSPS) is 9.40. The second-order valence-electron chi connectivity index (χ2n) is 5.97. The summed E-state index contributed by atoms with van der Waals surface area (Å²) in [7, 11) is 2.32. The number of allylic oxidation sites excluding steroid dienone is 1. The van der Waals surface area contributed by atoms with Crippen LogP contribution >= 0.6 is 0 Å². The first kappa shape index (κ1) is 24.8. The summed E-state index contributed by atoms with van der Waals surface area (Å²) in [5.74, 6) is 0.646. The highest BCUT2D eigenvalue weighted by molar-refractivity contribution is 5.73. The van der Waals surface area contributed by atoms with Crippen LogP contribution < -0.4 is 10.1 Å². The molecule has 0 radical (unpaired) electrons. The van der Waals surface area contributed by atoms with Crippen LogP contribution in [0.1, 0.15) is 30.5 Å². The Morgan fingerprint density at radius 1 is 1.00 bits per heavy atom. The predicted molar refractivity (Wildman–Crippen MR) is 122 cm³/mol. The molecule has 0 unspecified atom stereocenters. The lowest BCUT2D eigenvalue weighted by atomic mass is 10.00. The number of anilines is 1. The van der Waals surface area contributed by atoms with E-state index in [1.54, 1.807) is 12.3 Å². The number of pyridine rings is 1. The first-order valence-corrected chi connectivity index (χ1v) is 9.81. The van der Waals surface area contributed by atoms with E-state index >= 15 is 0 Å². The van der Waals surface area contributed by atoms with E-state index < -0.39 is 0 Å². The van der Waals surface area contributed by atoms with Gasteiger partial charge in [0.15, 0.2) is 11.6 Å². The summed E-state index contributed by atoms with van der Waals surface area (Å²) in [5, 5.41) is 3.05. The van der Waals surface area contributed by atoms with Crippen molar-refractivity contribution >= 4 is 11.4 Å². The predicted octanol–water partition coefficient (Wildman–Crippen LogP) is 6.71. The van der Waals surface area contributed by atoms with E-state index in [0.29, 0.717) is 20.2 Å². The minimum Gasteiger partial charge on any atom is -0.486 e. The SMILES string of the molecule is C=C(Cc1ccc(OCc2ccccc2)c(F)c1)c1cccnc1NC.CC.CF. The maximum atomic E-state index is 14.4. The van der Waals surface area contributed by atoms with E-state index in [9.17, 15) is 8.78 Å². The third-order valence-electron chi connectivity index (χ3n) is 4.08. The number of aromatic nitrogens is 1. The summed E-state index contributed by atoms with van der Waals surface area (Å²) in [5.41, 5.74) is 3.64. The van der Waals surface area contributed by atoms with E-state index in [1.165, 1.54) is 6.07 Å². The molecule has 1 aromatic heterocycles. The Morgan fingerprint density at radius 2 is 1.70 bits per heavy atom. The zero-order chi connectivity index (χ0) is 22.4. The molecule has 0 aliphatic rings. The zero-order valence-electron chi connectivity index (χ0n) is 18.1. The molecule has 1 heterocycles. The van der Waals surface area contributed by atoms with Crippen molar-refractivity contribution < 1.29 is 13.5 Å². The molecule has 0 spiro atoms. The van der Waals surface area contributed by atoms with E-state index in [-0.39, 0.29) is 11.6 Å². The standard InChI is InChI=1S/C22H21FN2O.C2H6.CH3F/c1-16(19-9-6-12-25-22(19)24-2)13-18-10-11-21(20(23)14-18)26-15-17-7-4-3-5-8-17;2*1-2/h3-12,14H,1,13,15H2,2H3,(H,24,25);1-2H3;1H3. The van der Waals surface area contributed by atoms with Crippen molar-refractivity contribution in [2.75, 3.05) is 19.5 Å². The molecule has 3 aromatic rings. The van der Waals surface area contributed by atoms with Gasteiger partial charge in [0.05, 0.1) is 7.18 Å². The number of nitrogens with zero attached hydrogens (tertiary/aromatic N) is 1. The number of ether oxygens (including phenoxy) is 1. The Labute approximate surface area is 178 Å². The first-order chi connectivity index (χ1) is 14.7. The number of alkyl halides is 1. The fraction of sp³-hybridized carbons (Fsp3) is 0.240. The molecule has 3 rings (SSSR count). The van der Waals surface area contributed by atoms with Crippen LogP contribution in [0.4, 0.5) is 14.6 Å². The van der Waals surface area contributed by atoms with Crippen molar-refractivity contribution in [1.29, 1.82) is 0 Å². The molecule has 0 atom stereocenters. The van der Waals surface area contributed by atoms with E-state index in [2.05, 4.69) is 16.9 Å². The zero-order valence-corrected chi connectivity index (χ0v) is 18.1. The molecule has 30 heavy (non-hydrogen) atoms. The summed E-state index contributed by atoms with van der Waals surface area (Å²) in [6.45, 7) is 8.46.